The van der Waals surface area contributed by atoms with E-state index in [0.717, 1.165) is 18.5 Å². The van der Waals surface area contributed by atoms with Crippen molar-refractivity contribution in [3.05, 3.63) is 60.4 Å². The van der Waals surface area contributed by atoms with Crippen molar-refractivity contribution in [2.75, 3.05) is 38.5 Å². The van der Waals surface area contributed by atoms with Gasteiger partial charge in [0.2, 0.25) is 5.91 Å². The van der Waals surface area contributed by atoms with Gasteiger partial charge in [0, 0.05) is 38.5 Å². The van der Waals surface area contributed by atoms with Crippen molar-refractivity contribution < 1.29 is 18.7 Å². The Balaban J connectivity index is 1.26. The predicted molar refractivity (Wildman–Crippen MR) is 130 cm³/mol. The van der Waals surface area contributed by atoms with Crippen LogP contribution < -0.4 is 0 Å². The lowest BCUT2D eigenvalue weighted by Crippen LogP contribution is -2.53. The molecule has 2 aromatic carbocycles. The molecule has 1 atom stereocenters. The Hall–Kier alpha value is -3.24. The molecule has 2 aliphatic rings. The Morgan fingerprint density at radius 1 is 0.971 bits per heavy atom. The lowest BCUT2D eigenvalue weighted by atomic mass is 10.2. The molecule has 0 N–H and O–H groups in total. The summed E-state index contributed by atoms with van der Waals surface area (Å²) in [5.74, 6) is 0.155. The molecule has 1 unspecified atom stereocenters. The summed E-state index contributed by atoms with van der Waals surface area (Å²) in [4.78, 5) is 29.1. The van der Waals surface area contributed by atoms with E-state index in [1.54, 1.807) is 32.6 Å². The van der Waals surface area contributed by atoms with Crippen LogP contribution in [-0.2, 0) is 14.3 Å². The number of piperazine rings is 1. The number of carbonyl (C=O) groups excluding carboxylic acids is 2. The van der Waals surface area contributed by atoms with Crippen molar-refractivity contribution in [1.29, 1.82) is 0 Å². The number of halogens is 1. The number of amides is 2. The summed E-state index contributed by atoms with van der Waals surface area (Å²) in [5.41, 5.74) is 1.13. The van der Waals surface area contributed by atoms with Crippen LogP contribution in [0, 0.1) is 5.82 Å². The molecule has 3 heterocycles. The number of para-hydroxylation sites is 1. The van der Waals surface area contributed by atoms with E-state index in [1.807, 2.05) is 30.3 Å². The lowest BCUT2D eigenvalue weighted by molar-refractivity contribution is -0.145. The van der Waals surface area contributed by atoms with Crippen LogP contribution in [-0.4, -0.2) is 81.0 Å². The van der Waals surface area contributed by atoms with E-state index < -0.39 is 0 Å². The Bertz CT molecular complexity index is 1190. The number of ether oxygens (including phenoxy) is 1. The van der Waals surface area contributed by atoms with Gasteiger partial charge in [-0.15, -0.1) is 10.2 Å². The average molecular weight is 496 g/mol. The Kier molecular flexibility index (Phi) is 7.10. The largest absolute Gasteiger partial charge is 0.368 e. The third-order valence-electron chi connectivity index (χ3n) is 6.24. The van der Waals surface area contributed by atoms with Gasteiger partial charge in [0.1, 0.15) is 11.9 Å². The van der Waals surface area contributed by atoms with E-state index in [0.29, 0.717) is 49.3 Å². The fraction of sp³-hybridized carbons (Fsp3) is 0.360. The number of rotatable bonds is 6. The maximum atomic E-state index is 14.5. The summed E-state index contributed by atoms with van der Waals surface area (Å²) in [5, 5.41) is 9.04. The van der Waals surface area contributed by atoms with Gasteiger partial charge >= 0.3 is 0 Å². The van der Waals surface area contributed by atoms with Crippen LogP contribution in [0.15, 0.2) is 59.8 Å². The second kappa shape index (κ2) is 10.6. The fourth-order valence-corrected chi connectivity index (χ4v) is 5.21. The van der Waals surface area contributed by atoms with Crippen molar-refractivity contribution in [2.24, 2.45) is 0 Å². The first-order valence-corrected chi connectivity index (χ1v) is 12.7. The molecule has 0 bridgehead atoms. The number of aromatic nitrogens is 3. The van der Waals surface area contributed by atoms with Gasteiger partial charge in [-0.1, -0.05) is 42.1 Å². The monoisotopic (exact) mass is 495 g/mol. The fourth-order valence-electron chi connectivity index (χ4n) is 4.36. The highest BCUT2D eigenvalue weighted by Crippen LogP contribution is 2.29. The third-order valence-corrected chi connectivity index (χ3v) is 7.15. The smallest absolute Gasteiger partial charge is 0.251 e. The first kappa shape index (κ1) is 23.5. The van der Waals surface area contributed by atoms with Crippen LogP contribution in [0.2, 0.25) is 0 Å². The van der Waals surface area contributed by atoms with E-state index in [2.05, 4.69) is 10.2 Å². The van der Waals surface area contributed by atoms with Crippen molar-refractivity contribution in [1.82, 2.24) is 24.6 Å². The summed E-state index contributed by atoms with van der Waals surface area (Å²) in [6, 6.07) is 15.9. The van der Waals surface area contributed by atoms with Gasteiger partial charge in [0.15, 0.2) is 11.0 Å². The Labute approximate surface area is 207 Å². The first-order valence-electron chi connectivity index (χ1n) is 11.7. The van der Waals surface area contributed by atoms with Gasteiger partial charge in [-0.05, 0) is 37.1 Å². The molecule has 0 saturated carbocycles. The molecule has 3 aromatic rings. The number of hydrogen-bond acceptors (Lipinski definition) is 6. The second-order valence-corrected chi connectivity index (χ2v) is 9.40. The molecule has 2 amide bonds. The molecule has 0 spiro atoms. The topological polar surface area (TPSA) is 80.6 Å². The number of carbonyl (C=O) groups is 2. The molecule has 35 heavy (non-hydrogen) atoms. The van der Waals surface area contributed by atoms with Crippen LogP contribution in [0.4, 0.5) is 4.39 Å². The molecule has 10 heteroatoms. The lowest BCUT2D eigenvalue weighted by Gasteiger charge is -2.35. The van der Waals surface area contributed by atoms with E-state index in [-0.39, 0.29) is 29.5 Å². The van der Waals surface area contributed by atoms with Crippen LogP contribution in [0.5, 0.6) is 0 Å². The van der Waals surface area contributed by atoms with Gasteiger partial charge in [-0.25, -0.2) is 4.39 Å². The first-order chi connectivity index (χ1) is 17.1. The van der Waals surface area contributed by atoms with Crippen LogP contribution in [0.3, 0.4) is 0 Å². The maximum absolute atomic E-state index is 14.5. The second-order valence-electron chi connectivity index (χ2n) is 8.45. The number of hydrogen-bond donors (Lipinski definition) is 0. The summed E-state index contributed by atoms with van der Waals surface area (Å²) < 4.78 is 21.8. The summed E-state index contributed by atoms with van der Waals surface area (Å²) >= 11 is 1.27. The van der Waals surface area contributed by atoms with E-state index in [9.17, 15) is 14.0 Å². The van der Waals surface area contributed by atoms with Crippen molar-refractivity contribution in [3.63, 3.8) is 0 Å². The van der Waals surface area contributed by atoms with Gasteiger partial charge < -0.3 is 14.5 Å². The molecule has 2 fully saturated rings. The summed E-state index contributed by atoms with van der Waals surface area (Å²) in [7, 11) is 0. The number of benzene rings is 2. The minimum Gasteiger partial charge on any atom is -0.368 e. The number of thioether (sulfide) groups is 1. The third kappa shape index (κ3) is 5.08. The highest BCUT2D eigenvalue weighted by Gasteiger charge is 2.31. The normalized spacial score (nSPS) is 18.1. The summed E-state index contributed by atoms with van der Waals surface area (Å²) in [6.45, 7) is 2.63. The molecular formula is C25H26FN5O3S. The minimum atomic E-state index is -0.389. The molecule has 5 rings (SSSR count). The molecule has 182 valence electrons. The van der Waals surface area contributed by atoms with Crippen molar-refractivity contribution >= 4 is 23.6 Å². The van der Waals surface area contributed by atoms with Crippen LogP contribution in [0.25, 0.3) is 17.1 Å². The quantitative estimate of drug-likeness (QED) is 0.489. The van der Waals surface area contributed by atoms with Gasteiger partial charge in [-0.2, -0.15) is 0 Å². The van der Waals surface area contributed by atoms with Crippen molar-refractivity contribution in [2.45, 2.75) is 24.1 Å². The average Bonchev–Trinajstić information content (AvgIpc) is 3.58. The minimum absolute atomic E-state index is 0.0283. The molecule has 8 nitrogen and oxygen atoms in total. The SMILES string of the molecule is O=C(CSc1nnc(-c2ccccc2F)n1-c1ccccc1)N1CCN(C(=O)C2CCCO2)CC1. The highest BCUT2D eigenvalue weighted by atomic mass is 32.2. The Morgan fingerprint density at radius 2 is 1.69 bits per heavy atom. The van der Waals surface area contributed by atoms with E-state index in [1.165, 1.54) is 17.8 Å². The molecule has 0 radical (unpaired) electrons. The maximum Gasteiger partial charge on any atom is 0.251 e. The van der Waals surface area contributed by atoms with Gasteiger partial charge in [0.25, 0.3) is 5.91 Å². The zero-order valence-corrected chi connectivity index (χ0v) is 20.0. The van der Waals surface area contributed by atoms with Crippen LogP contribution >= 0.6 is 11.8 Å². The summed E-state index contributed by atoms with van der Waals surface area (Å²) in [6.07, 6.45) is 1.35. The van der Waals surface area contributed by atoms with Gasteiger partial charge in [0.05, 0.1) is 11.3 Å². The standard InChI is InChI=1S/C25H26FN5O3S/c26-20-10-5-4-9-19(20)23-27-28-25(31(23)18-7-2-1-3-8-18)35-17-22(32)29-12-14-30(15-13-29)24(33)21-11-6-16-34-21/h1-5,7-10,21H,6,11-17H2. The van der Waals surface area contributed by atoms with E-state index in [4.69, 9.17) is 4.74 Å². The van der Waals surface area contributed by atoms with Crippen LogP contribution in [0.1, 0.15) is 12.8 Å². The molecule has 2 saturated heterocycles. The molecular weight excluding hydrogens is 469 g/mol. The molecule has 0 aliphatic carbocycles. The predicted octanol–water partition coefficient (Wildman–Crippen LogP) is 3.02. The zero-order chi connectivity index (χ0) is 24.2. The number of nitrogens with zero attached hydrogens (tertiary/aromatic N) is 5. The van der Waals surface area contributed by atoms with Crippen molar-refractivity contribution in [3.8, 4) is 17.1 Å². The van der Waals surface area contributed by atoms with E-state index >= 15 is 0 Å². The molecule has 1 aromatic heterocycles. The Morgan fingerprint density at radius 3 is 2.40 bits per heavy atom. The van der Waals surface area contributed by atoms with Gasteiger partial charge in [-0.3, -0.25) is 14.2 Å². The highest BCUT2D eigenvalue weighted by molar-refractivity contribution is 7.99. The zero-order valence-electron chi connectivity index (χ0n) is 19.2. The molecule has 2 aliphatic heterocycles.